The summed E-state index contributed by atoms with van der Waals surface area (Å²) in [6, 6.07) is 7.38. The predicted octanol–water partition coefficient (Wildman–Crippen LogP) is 3.30. The molecule has 1 heterocycles. The number of carbonyl (C=O) groups is 1. The maximum absolute atomic E-state index is 12.2. The minimum atomic E-state index is -0.0801. The maximum atomic E-state index is 12.2. The van der Waals surface area contributed by atoms with Crippen LogP contribution in [0.3, 0.4) is 0 Å². The molecule has 1 aromatic heterocycles. The van der Waals surface area contributed by atoms with Crippen molar-refractivity contribution in [2.75, 3.05) is 18.2 Å². The van der Waals surface area contributed by atoms with Gasteiger partial charge in [-0.05, 0) is 31.4 Å². The molecule has 3 rings (SSSR count). The molecule has 1 aliphatic carbocycles. The first kappa shape index (κ1) is 16.8. The molecule has 0 saturated heterocycles. The van der Waals surface area contributed by atoms with E-state index in [0.29, 0.717) is 23.1 Å². The number of carbonyl (C=O) groups excluding carboxylic acids is 1. The number of rotatable bonds is 8. The number of nitrogens with one attached hydrogen (secondary N) is 1. The molecule has 1 aromatic carbocycles. The second-order valence-corrected chi connectivity index (χ2v) is 6.75. The number of thioether (sulfide) groups is 1. The zero-order chi connectivity index (χ0) is 16.9. The highest BCUT2D eigenvalue weighted by molar-refractivity contribution is 7.99. The van der Waals surface area contributed by atoms with Crippen LogP contribution < -0.4 is 10.1 Å². The number of hydrogen-bond acceptors (Lipinski definition) is 5. The van der Waals surface area contributed by atoms with Crippen LogP contribution in [0.5, 0.6) is 5.75 Å². The Labute approximate surface area is 146 Å². The first-order chi connectivity index (χ1) is 11.7. The molecule has 0 spiro atoms. The van der Waals surface area contributed by atoms with Gasteiger partial charge in [0.05, 0.1) is 18.6 Å². The van der Waals surface area contributed by atoms with E-state index in [0.717, 1.165) is 23.9 Å². The van der Waals surface area contributed by atoms with E-state index < -0.39 is 0 Å². The van der Waals surface area contributed by atoms with Crippen LogP contribution >= 0.6 is 11.8 Å². The molecule has 6 nitrogen and oxygen atoms in total. The monoisotopic (exact) mass is 346 g/mol. The second kappa shape index (κ2) is 7.70. The molecule has 1 saturated carbocycles. The average Bonchev–Trinajstić information content (AvgIpc) is 3.36. The van der Waals surface area contributed by atoms with Crippen molar-refractivity contribution >= 4 is 23.4 Å². The molecule has 24 heavy (non-hydrogen) atoms. The van der Waals surface area contributed by atoms with Gasteiger partial charge >= 0.3 is 0 Å². The maximum Gasteiger partial charge on any atom is 0.234 e. The van der Waals surface area contributed by atoms with Crippen LogP contribution in [0.4, 0.5) is 5.69 Å². The topological polar surface area (TPSA) is 69.0 Å². The van der Waals surface area contributed by atoms with Crippen LogP contribution in [0.2, 0.25) is 0 Å². The molecular weight excluding hydrogens is 324 g/mol. The Kier molecular flexibility index (Phi) is 5.40. The van der Waals surface area contributed by atoms with E-state index in [4.69, 9.17) is 4.74 Å². The Morgan fingerprint density at radius 1 is 1.38 bits per heavy atom. The molecule has 0 unspecified atom stereocenters. The minimum absolute atomic E-state index is 0.0801. The highest BCUT2D eigenvalue weighted by Gasteiger charge is 2.30. The Morgan fingerprint density at radius 2 is 2.17 bits per heavy atom. The zero-order valence-electron chi connectivity index (χ0n) is 14.0. The summed E-state index contributed by atoms with van der Waals surface area (Å²) < 4.78 is 7.41. The van der Waals surface area contributed by atoms with E-state index in [9.17, 15) is 4.79 Å². The van der Waals surface area contributed by atoms with Crippen molar-refractivity contribution in [1.82, 2.24) is 14.8 Å². The summed E-state index contributed by atoms with van der Waals surface area (Å²) >= 11 is 1.43. The van der Waals surface area contributed by atoms with Crippen molar-refractivity contribution in [3.8, 4) is 5.75 Å². The van der Waals surface area contributed by atoms with Gasteiger partial charge in [0, 0.05) is 12.5 Å². The number of methoxy groups -OCH3 is 1. The summed E-state index contributed by atoms with van der Waals surface area (Å²) in [4.78, 5) is 12.2. The van der Waals surface area contributed by atoms with Gasteiger partial charge in [0.2, 0.25) is 5.91 Å². The summed E-state index contributed by atoms with van der Waals surface area (Å²) in [7, 11) is 1.59. The molecule has 1 N–H and O–H groups in total. The summed E-state index contributed by atoms with van der Waals surface area (Å²) in [6.45, 7) is 3.04. The van der Waals surface area contributed by atoms with Gasteiger partial charge in [0.15, 0.2) is 5.16 Å². The largest absolute Gasteiger partial charge is 0.495 e. The standard InChI is InChI=1S/C17H22N4O2S/c1-3-10-21-16(12-8-9-12)19-20-17(21)24-11-15(22)18-13-6-4-5-7-14(13)23-2/h4-7,12H,3,8-11H2,1-2H3,(H,18,22). The Bertz CT molecular complexity index is 712. The third kappa shape index (κ3) is 3.90. The van der Waals surface area contributed by atoms with Gasteiger partial charge in [0.1, 0.15) is 11.6 Å². The Balaban J connectivity index is 1.62. The normalized spacial score (nSPS) is 13.8. The summed E-state index contributed by atoms with van der Waals surface area (Å²) in [5.41, 5.74) is 0.680. The zero-order valence-corrected chi connectivity index (χ0v) is 14.8. The van der Waals surface area contributed by atoms with E-state index >= 15 is 0 Å². The van der Waals surface area contributed by atoms with Crippen molar-refractivity contribution in [1.29, 1.82) is 0 Å². The molecule has 128 valence electrons. The molecule has 2 aromatic rings. The number of ether oxygens (including phenoxy) is 1. The van der Waals surface area contributed by atoms with E-state index in [2.05, 4.69) is 27.0 Å². The van der Waals surface area contributed by atoms with Crippen LogP contribution in [-0.2, 0) is 11.3 Å². The van der Waals surface area contributed by atoms with Crippen LogP contribution in [-0.4, -0.2) is 33.5 Å². The van der Waals surface area contributed by atoms with Gasteiger partial charge in [0.25, 0.3) is 0 Å². The van der Waals surface area contributed by atoms with Crippen molar-refractivity contribution in [3.05, 3.63) is 30.1 Å². The average molecular weight is 346 g/mol. The Hall–Kier alpha value is -2.02. The van der Waals surface area contributed by atoms with Crippen LogP contribution in [0, 0.1) is 0 Å². The lowest BCUT2D eigenvalue weighted by Crippen LogP contribution is -2.15. The first-order valence-corrected chi connectivity index (χ1v) is 9.20. The van der Waals surface area contributed by atoms with Crippen molar-refractivity contribution < 1.29 is 9.53 Å². The fraction of sp³-hybridized carbons (Fsp3) is 0.471. The van der Waals surface area contributed by atoms with Crippen molar-refractivity contribution in [2.24, 2.45) is 0 Å². The van der Waals surface area contributed by atoms with Gasteiger partial charge in [-0.2, -0.15) is 0 Å². The number of anilines is 1. The molecule has 0 atom stereocenters. The van der Waals surface area contributed by atoms with Crippen molar-refractivity contribution in [3.63, 3.8) is 0 Å². The summed E-state index contributed by atoms with van der Waals surface area (Å²) in [6.07, 6.45) is 3.42. The van der Waals surface area contributed by atoms with E-state index in [1.54, 1.807) is 7.11 Å². The van der Waals surface area contributed by atoms with E-state index in [-0.39, 0.29) is 5.91 Å². The van der Waals surface area contributed by atoms with Gasteiger partial charge in [-0.15, -0.1) is 10.2 Å². The third-order valence-corrected chi connectivity index (χ3v) is 4.82. The third-order valence-electron chi connectivity index (χ3n) is 3.85. The fourth-order valence-corrected chi connectivity index (χ4v) is 3.32. The second-order valence-electron chi connectivity index (χ2n) is 5.80. The highest BCUT2D eigenvalue weighted by atomic mass is 32.2. The van der Waals surface area contributed by atoms with Gasteiger partial charge in [-0.1, -0.05) is 30.8 Å². The van der Waals surface area contributed by atoms with Gasteiger partial charge in [-0.3, -0.25) is 4.79 Å². The quantitative estimate of drug-likeness (QED) is 0.743. The number of hydrogen-bond donors (Lipinski definition) is 1. The van der Waals surface area contributed by atoms with Gasteiger partial charge < -0.3 is 14.6 Å². The molecule has 0 radical (unpaired) electrons. The molecule has 0 aliphatic heterocycles. The lowest BCUT2D eigenvalue weighted by Gasteiger charge is -2.10. The highest BCUT2D eigenvalue weighted by Crippen LogP contribution is 2.40. The summed E-state index contributed by atoms with van der Waals surface area (Å²) in [5, 5.41) is 12.3. The smallest absolute Gasteiger partial charge is 0.234 e. The number of para-hydroxylation sites is 2. The first-order valence-electron chi connectivity index (χ1n) is 8.21. The molecule has 1 amide bonds. The molecule has 1 fully saturated rings. The fourth-order valence-electron chi connectivity index (χ4n) is 2.55. The van der Waals surface area contributed by atoms with Crippen LogP contribution in [0.25, 0.3) is 0 Å². The van der Waals surface area contributed by atoms with E-state index in [1.165, 1.54) is 24.6 Å². The van der Waals surface area contributed by atoms with Gasteiger partial charge in [-0.25, -0.2) is 0 Å². The number of benzene rings is 1. The number of nitrogens with zero attached hydrogens (tertiary/aromatic N) is 3. The van der Waals surface area contributed by atoms with Crippen molar-refractivity contribution in [2.45, 2.75) is 43.8 Å². The lowest BCUT2D eigenvalue weighted by molar-refractivity contribution is -0.113. The van der Waals surface area contributed by atoms with E-state index in [1.807, 2.05) is 24.3 Å². The Morgan fingerprint density at radius 3 is 2.88 bits per heavy atom. The molecule has 7 heteroatoms. The minimum Gasteiger partial charge on any atom is -0.495 e. The molecule has 1 aliphatic rings. The van der Waals surface area contributed by atoms with Crippen LogP contribution in [0.1, 0.15) is 37.9 Å². The van der Waals surface area contributed by atoms with Crippen LogP contribution in [0.15, 0.2) is 29.4 Å². The molecular formula is C17H22N4O2S. The molecule has 0 bridgehead atoms. The lowest BCUT2D eigenvalue weighted by atomic mass is 10.3. The number of aromatic nitrogens is 3. The summed E-state index contributed by atoms with van der Waals surface area (Å²) in [5.74, 6) is 2.50. The SMILES string of the molecule is CCCn1c(SCC(=O)Nc2ccccc2OC)nnc1C1CC1. The number of amides is 1. The predicted molar refractivity (Wildman–Crippen MR) is 94.6 cm³/mol.